The van der Waals surface area contributed by atoms with E-state index in [0.29, 0.717) is 18.7 Å². The lowest BCUT2D eigenvalue weighted by atomic mass is 10.1. The zero-order valence-corrected chi connectivity index (χ0v) is 19.5. The first-order valence-electron chi connectivity index (χ1n) is 9.43. The Morgan fingerprint density at radius 1 is 1.07 bits per heavy atom. The van der Waals surface area contributed by atoms with E-state index in [4.69, 9.17) is 14.7 Å². The maximum atomic E-state index is 8.85. The summed E-state index contributed by atoms with van der Waals surface area (Å²) in [6.45, 7) is 4.04. The van der Waals surface area contributed by atoms with E-state index in [-0.39, 0.29) is 24.0 Å². The van der Waals surface area contributed by atoms with E-state index in [1.807, 2.05) is 43.3 Å². The van der Waals surface area contributed by atoms with E-state index in [0.717, 1.165) is 42.4 Å². The zero-order valence-electron chi connectivity index (χ0n) is 17.2. The fourth-order valence-electron chi connectivity index (χ4n) is 2.75. The third kappa shape index (κ3) is 8.20. The fourth-order valence-corrected chi connectivity index (χ4v) is 2.75. The van der Waals surface area contributed by atoms with E-state index in [9.17, 15) is 0 Å². The van der Waals surface area contributed by atoms with Crippen molar-refractivity contribution in [1.29, 1.82) is 5.26 Å². The van der Waals surface area contributed by atoms with Crippen molar-refractivity contribution < 1.29 is 9.47 Å². The van der Waals surface area contributed by atoms with Gasteiger partial charge in [0.1, 0.15) is 0 Å². The highest BCUT2D eigenvalue weighted by Gasteiger charge is 2.05. The van der Waals surface area contributed by atoms with Gasteiger partial charge in [-0.1, -0.05) is 18.2 Å². The van der Waals surface area contributed by atoms with Gasteiger partial charge >= 0.3 is 0 Å². The summed E-state index contributed by atoms with van der Waals surface area (Å²) in [6.07, 6.45) is 1.90. The van der Waals surface area contributed by atoms with E-state index < -0.39 is 0 Å². The molecule has 0 heterocycles. The van der Waals surface area contributed by atoms with E-state index in [1.54, 1.807) is 14.2 Å². The molecule has 2 N–H and O–H groups in total. The number of nitriles is 1. The van der Waals surface area contributed by atoms with Gasteiger partial charge in [0.05, 0.1) is 25.3 Å². The van der Waals surface area contributed by atoms with Crippen LogP contribution in [0.15, 0.2) is 47.5 Å². The Hall–Kier alpha value is -2.47. The molecule has 0 unspecified atom stereocenters. The van der Waals surface area contributed by atoms with E-state index in [2.05, 4.69) is 27.8 Å². The first-order chi connectivity index (χ1) is 13.7. The van der Waals surface area contributed by atoms with Gasteiger partial charge in [-0.05, 0) is 55.2 Å². The van der Waals surface area contributed by atoms with Crippen LogP contribution in [-0.4, -0.2) is 33.3 Å². The predicted molar refractivity (Wildman–Crippen MR) is 127 cm³/mol. The topological polar surface area (TPSA) is 78.7 Å². The average Bonchev–Trinajstić information content (AvgIpc) is 2.74. The van der Waals surface area contributed by atoms with Gasteiger partial charge in [-0.2, -0.15) is 5.26 Å². The molecule has 0 aliphatic heterocycles. The molecule has 7 heteroatoms. The molecule has 29 heavy (non-hydrogen) atoms. The molecule has 2 aromatic carbocycles. The summed E-state index contributed by atoms with van der Waals surface area (Å²) in [6, 6.07) is 15.7. The third-order valence-corrected chi connectivity index (χ3v) is 4.23. The van der Waals surface area contributed by atoms with Crippen LogP contribution in [0.3, 0.4) is 0 Å². The minimum atomic E-state index is 0. The van der Waals surface area contributed by atoms with Gasteiger partial charge in [0, 0.05) is 20.1 Å². The molecular formula is C22H29IN4O2. The molecule has 0 atom stereocenters. The van der Waals surface area contributed by atoms with Gasteiger partial charge in [-0.3, -0.25) is 4.99 Å². The molecule has 2 aromatic rings. The van der Waals surface area contributed by atoms with Crippen LogP contribution >= 0.6 is 24.0 Å². The molecule has 0 bridgehead atoms. The number of nitrogens with one attached hydrogen (secondary N) is 2. The van der Waals surface area contributed by atoms with E-state index in [1.165, 1.54) is 5.56 Å². The molecule has 0 aliphatic carbocycles. The number of hydrogen-bond donors (Lipinski definition) is 2. The van der Waals surface area contributed by atoms with Gasteiger partial charge in [0.2, 0.25) is 0 Å². The Kier molecular flexibility index (Phi) is 11.6. The molecule has 2 rings (SSSR count). The van der Waals surface area contributed by atoms with Crippen molar-refractivity contribution in [3.63, 3.8) is 0 Å². The van der Waals surface area contributed by atoms with Crippen molar-refractivity contribution in [2.45, 2.75) is 26.3 Å². The summed E-state index contributed by atoms with van der Waals surface area (Å²) < 4.78 is 11.0. The van der Waals surface area contributed by atoms with Crippen LogP contribution in [0.2, 0.25) is 0 Å². The Bertz CT molecular complexity index is 817. The summed E-state index contributed by atoms with van der Waals surface area (Å²) in [4.78, 5) is 4.25. The Morgan fingerprint density at radius 2 is 1.79 bits per heavy atom. The summed E-state index contributed by atoms with van der Waals surface area (Å²) in [5, 5.41) is 15.5. The first-order valence-corrected chi connectivity index (χ1v) is 9.43. The maximum Gasteiger partial charge on any atom is 0.191 e. The minimum absolute atomic E-state index is 0. The van der Waals surface area contributed by atoms with Crippen molar-refractivity contribution in [3.8, 4) is 17.6 Å². The summed E-state index contributed by atoms with van der Waals surface area (Å²) in [7, 11) is 3.41. The summed E-state index contributed by atoms with van der Waals surface area (Å²) in [5.74, 6) is 2.31. The minimum Gasteiger partial charge on any atom is -0.493 e. The lowest BCUT2D eigenvalue weighted by Gasteiger charge is -2.13. The molecule has 0 radical (unpaired) electrons. The highest BCUT2D eigenvalue weighted by Crippen LogP contribution is 2.28. The number of benzene rings is 2. The second kappa shape index (κ2) is 13.7. The molecule has 0 aromatic heterocycles. The summed E-state index contributed by atoms with van der Waals surface area (Å²) >= 11 is 0. The molecule has 0 saturated carbocycles. The van der Waals surface area contributed by atoms with Crippen LogP contribution in [0.1, 0.15) is 30.0 Å². The van der Waals surface area contributed by atoms with Crippen LogP contribution in [0.5, 0.6) is 11.5 Å². The van der Waals surface area contributed by atoms with Gasteiger partial charge in [0.25, 0.3) is 0 Å². The highest BCUT2D eigenvalue weighted by molar-refractivity contribution is 14.0. The smallest absolute Gasteiger partial charge is 0.191 e. The number of nitrogens with zero attached hydrogens (tertiary/aromatic N) is 2. The van der Waals surface area contributed by atoms with Gasteiger partial charge in [0.15, 0.2) is 17.5 Å². The van der Waals surface area contributed by atoms with Gasteiger partial charge in [-0.25, -0.2) is 0 Å². The number of hydrogen-bond acceptors (Lipinski definition) is 4. The van der Waals surface area contributed by atoms with Crippen LogP contribution in [0.25, 0.3) is 0 Å². The molecule has 0 fully saturated rings. The number of rotatable bonds is 9. The van der Waals surface area contributed by atoms with Crippen LogP contribution in [0, 0.1) is 11.3 Å². The van der Waals surface area contributed by atoms with Crippen molar-refractivity contribution in [3.05, 3.63) is 59.2 Å². The molecule has 0 aliphatic rings. The summed E-state index contributed by atoms with van der Waals surface area (Å²) in [5.41, 5.74) is 2.98. The highest BCUT2D eigenvalue weighted by atomic mass is 127. The van der Waals surface area contributed by atoms with Gasteiger partial charge < -0.3 is 20.1 Å². The molecular weight excluding hydrogens is 479 g/mol. The van der Waals surface area contributed by atoms with E-state index >= 15 is 0 Å². The Balaban J connectivity index is 0.00000420. The number of halogens is 1. The molecule has 156 valence electrons. The predicted octanol–water partition coefficient (Wildman–Crippen LogP) is 3.88. The third-order valence-electron chi connectivity index (χ3n) is 4.23. The molecule has 6 nitrogen and oxygen atoms in total. The number of aryl methyl sites for hydroxylation is 1. The van der Waals surface area contributed by atoms with Gasteiger partial charge in [-0.15, -0.1) is 24.0 Å². The van der Waals surface area contributed by atoms with Crippen molar-refractivity contribution in [2.75, 3.05) is 27.3 Å². The zero-order chi connectivity index (χ0) is 20.2. The van der Waals surface area contributed by atoms with Crippen molar-refractivity contribution >= 4 is 29.9 Å². The standard InChI is InChI=1S/C22H28N4O2.HI/c1-4-28-21-14-17(11-12-20(21)27-3)6-5-13-25-22(24-2)26-16-19-9-7-18(15-23)8-10-19;/h7-12,14H,4-6,13,16H2,1-3H3,(H2,24,25,26);1H. The number of aliphatic imine (C=N–C) groups is 1. The monoisotopic (exact) mass is 508 g/mol. The second-order valence-corrected chi connectivity index (χ2v) is 6.18. The van der Waals surface area contributed by atoms with Crippen molar-refractivity contribution in [2.24, 2.45) is 4.99 Å². The number of ether oxygens (including phenoxy) is 2. The number of methoxy groups -OCH3 is 1. The first kappa shape index (κ1) is 24.6. The van der Waals surface area contributed by atoms with Crippen LogP contribution < -0.4 is 20.1 Å². The lowest BCUT2D eigenvalue weighted by molar-refractivity contribution is 0.310. The largest absolute Gasteiger partial charge is 0.493 e. The molecule has 0 saturated heterocycles. The quantitative estimate of drug-likeness (QED) is 0.233. The Labute approximate surface area is 190 Å². The maximum absolute atomic E-state index is 8.85. The normalized spacial score (nSPS) is 10.5. The Morgan fingerprint density at radius 3 is 2.41 bits per heavy atom. The molecule has 0 spiro atoms. The average molecular weight is 508 g/mol. The fraction of sp³-hybridized carbons (Fsp3) is 0.364. The van der Waals surface area contributed by atoms with Crippen LogP contribution in [-0.2, 0) is 13.0 Å². The second-order valence-electron chi connectivity index (χ2n) is 6.18. The molecule has 0 amide bonds. The number of guanidine groups is 1. The lowest BCUT2D eigenvalue weighted by Crippen LogP contribution is -2.37. The SMILES string of the molecule is CCOc1cc(CCCNC(=NC)NCc2ccc(C#N)cc2)ccc1OC.I. The van der Waals surface area contributed by atoms with Crippen molar-refractivity contribution in [1.82, 2.24) is 10.6 Å². The van der Waals surface area contributed by atoms with Crippen LogP contribution in [0.4, 0.5) is 0 Å².